The first-order valence-corrected chi connectivity index (χ1v) is 6.46. The van der Waals surface area contributed by atoms with Crippen molar-refractivity contribution in [3.63, 3.8) is 0 Å². The lowest BCUT2D eigenvalue weighted by molar-refractivity contribution is 0.105. The second kappa shape index (κ2) is 5.86. The molecule has 3 unspecified atom stereocenters. The van der Waals surface area contributed by atoms with Gasteiger partial charge in [-0.05, 0) is 38.6 Å². The summed E-state index contributed by atoms with van der Waals surface area (Å²) in [7, 11) is 2.09. The maximum Gasteiger partial charge on any atom is 0.0215 e. The van der Waals surface area contributed by atoms with Gasteiger partial charge in [0.25, 0.3) is 0 Å². The number of rotatable bonds is 4. The highest BCUT2D eigenvalue weighted by Crippen LogP contribution is 2.22. The highest BCUT2D eigenvalue weighted by molar-refractivity contribution is 4.81. The SMILES string of the molecule is CNC(CN1CC(C)CCC1C)C(C)C. The van der Waals surface area contributed by atoms with Crippen LogP contribution in [0, 0.1) is 11.8 Å². The van der Waals surface area contributed by atoms with Crippen LogP contribution >= 0.6 is 0 Å². The lowest BCUT2D eigenvalue weighted by Gasteiger charge is -2.39. The van der Waals surface area contributed by atoms with E-state index < -0.39 is 0 Å². The third-order valence-electron chi connectivity index (χ3n) is 3.85. The topological polar surface area (TPSA) is 15.3 Å². The van der Waals surface area contributed by atoms with E-state index in [0.717, 1.165) is 17.9 Å². The van der Waals surface area contributed by atoms with Gasteiger partial charge in [0.05, 0.1) is 0 Å². The van der Waals surface area contributed by atoms with Crippen LogP contribution in [0.2, 0.25) is 0 Å². The molecule has 15 heavy (non-hydrogen) atoms. The molecule has 0 bridgehead atoms. The number of hydrogen-bond donors (Lipinski definition) is 1. The van der Waals surface area contributed by atoms with Gasteiger partial charge in [-0.15, -0.1) is 0 Å². The third-order valence-corrected chi connectivity index (χ3v) is 3.85. The largest absolute Gasteiger partial charge is 0.315 e. The summed E-state index contributed by atoms with van der Waals surface area (Å²) in [6.45, 7) is 11.9. The Labute approximate surface area is 95.4 Å². The number of likely N-dealkylation sites (tertiary alicyclic amines) is 1. The van der Waals surface area contributed by atoms with Crippen LogP contribution in [0.15, 0.2) is 0 Å². The van der Waals surface area contributed by atoms with Gasteiger partial charge in [0, 0.05) is 25.2 Å². The minimum Gasteiger partial charge on any atom is -0.315 e. The summed E-state index contributed by atoms with van der Waals surface area (Å²) in [5, 5.41) is 3.44. The molecule has 1 fully saturated rings. The zero-order valence-corrected chi connectivity index (χ0v) is 11.1. The molecule has 0 aromatic carbocycles. The predicted octanol–water partition coefficient (Wildman–Crippen LogP) is 2.35. The van der Waals surface area contributed by atoms with E-state index in [4.69, 9.17) is 0 Å². The van der Waals surface area contributed by atoms with Crippen LogP contribution in [-0.4, -0.2) is 37.1 Å². The van der Waals surface area contributed by atoms with E-state index in [-0.39, 0.29) is 0 Å². The van der Waals surface area contributed by atoms with Crippen LogP contribution < -0.4 is 5.32 Å². The van der Waals surface area contributed by atoms with Crippen molar-refractivity contribution in [1.82, 2.24) is 10.2 Å². The van der Waals surface area contributed by atoms with E-state index in [0.29, 0.717) is 6.04 Å². The molecule has 1 N–H and O–H groups in total. The fourth-order valence-corrected chi connectivity index (χ4v) is 2.52. The minimum atomic E-state index is 0.637. The quantitative estimate of drug-likeness (QED) is 0.769. The van der Waals surface area contributed by atoms with Crippen molar-refractivity contribution < 1.29 is 0 Å². The lowest BCUT2D eigenvalue weighted by atomic mass is 9.93. The van der Waals surface area contributed by atoms with Gasteiger partial charge in [0.1, 0.15) is 0 Å². The first-order valence-electron chi connectivity index (χ1n) is 6.46. The highest BCUT2D eigenvalue weighted by Gasteiger charge is 2.25. The molecule has 0 aliphatic carbocycles. The number of piperidine rings is 1. The van der Waals surface area contributed by atoms with Crippen molar-refractivity contribution in [1.29, 1.82) is 0 Å². The molecule has 90 valence electrons. The van der Waals surface area contributed by atoms with Gasteiger partial charge in [-0.1, -0.05) is 20.8 Å². The maximum atomic E-state index is 3.44. The molecule has 0 radical (unpaired) electrons. The molecule has 1 heterocycles. The zero-order chi connectivity index (χ0) is 11.4. The molecule has 1 rings (SSSR count). The second-order valence-corrected chi connectivity index (χ2v) is 5.62. The van der Waals surface area contributed by atoms with Crippen LogP contribution in [0.5, 0.6) is 0 Å². The Balaban J connectivity index is 2.47. The summed E-state index contributed by atoms with van der Waals surface area (Å²) in [4.78, 5) is 2.66. The molecule has 1 aliphatic rings. The molecule has 1 aliphatic heterocycles. The summed E-state index contributed by atoms with van der Waals surface area (Å²) in [6, 6.07) is 1.41. The second-order valence-electron chi connectivity index (χ2n) is 5.62. The minimum absolute atomic E-state index is 0.637. The molecule has 0 saturated carbocycles. The Hall–Kier alpha value is -0.0800. The van der Waals surface area contributed by atoms with Gasteiger partial charge in [-0.25, -0.2) is 0 Å². The lowest BCUT2D eigenvalue weighted by Crippen LogP contribution is -2.49. The molecule has 0 spiro atoms. The van der Waals surface area contributed by atoms with Crippen molar-refractivity contribution in [2.75, 3.05) is 20.1 Å². The van der Waals surface area contributed by atoms with Gasteiger partial charge in [0.15, 0.2) is 0 Å². The highest BCUT2D eigenvalue weighted by atomic mass is 15.2. The van der Waals surface area contributed by atoms with Crippen LogP contribution in [0.1, 0.15) is 40.5 Å². The molecule has 3 atom stereocenters. The van der Waals surface area contributed by atoms with E-state index >= 15 is 0 Å². The molecular formula is C13H28N2. The Bertz CT molecular complexity index is 179. The van der Waals surface area contributed by atoms with Crippen LogP contribution in [0.25, 0.3) is 0 Å². The van der Waals surface area contributed by atoms with Gasteiger partial charge < -0.3 is 5.32 Å². The predicted molar refractivity (Wildman–Crippen MR) is 67.1 cm³/mol. The third kappa shape index (κ3) is 3.76. The van der Waals surface area contributed by atoms with Crippen LogP contribution in [0.3, 0.4) is 0 Å². The molecule has 0 aromatic rings. The Morgan fingerprint density at radius 2 is 1.93 bits per heavy atom. The molecule has 0 amide bonds. The monoisotopic (exact) mass is 212 g/mol. The van der Waals surface area contributed by atoms with E-state index in [2.05, 4.69) is 45.0 Å². The van der Waals surface area contributed by atoms with E-state index in [1.54, 1.807) is 0 Å². The van der Waals surface area contributed by atoms with Gasteiger partial charge in [-0.2, -0.15) is 0 Å². The summed E-state index contributed by atoms with van der Waals surface area (Å²) < 4.78 is 0. The van der Waals surface area contributed by atoms with E-state index in [9.17, 15) is 0 Å². The van der Waals surface area contributed by atoms with E-state index in [1.807, 2.05) is 0 Å². The van der Waals surface area contributed by atoms with Crippen molar-refractivity contribution in [3.05, 3.63) is 0 Å². The zero-order valence-electron chi connectivity index (χ0n) is 11.1. The number of likely N-dealkylation sites (N-methyl/N-ethyl adjacent to an activating group) is 1. The van der Waals surface area contributed by atoms with E-state index in [1.165, 1.54) is 25.9 Å². The maximum absolute atomic E-state index is 3.44. The summed E-state index contributed by atoms with van der Waals surface area (Å²) in [5.41, 5.74) is 0. The number of nitrogens with zero attached hydrogens (tertiary/aromatic N) is 1. The fourth-order valence-electron chi connectivity index (χ4n) is 2.52. The molecule has 1 saturated heterocycles. The Morgan fingerprint density at radius 1 is 1.27 bits per heavy atom. The number of hydrogen-bond acceptors (Lipinski definition) is 2. The van der Waals surface area contributed by atoms with Crippen molar-refractivity contribution in [3.8, 4) is 0 Å². The summed E-state index contributed by atoms with van der Waals surface area (Å²) in [5.74, 6) is 1.60. The van der Waals surface area contributed by atoms with Gasteiger partial charge in [0.2, 0.25) is 0 Å². The van der Waals surface area contributed by atoms with Crippen LogP contribution in [0.4, 0.5) is 0 Å². The van der Waals surface area contributed by atoms with Gasteiger partial charge in [-0.3, -0.25) is 4.90 Å². The van der Waals surface area contributed by atoms with Gasteiger partial charge >= 0.3 is 0 Å². The molecule has 2 nitrogen and oxygen atoms in total. The van der Waals surface area contributed by atoms with Crippen molar-refractivity contribution in [2.45, 2.75) is 52.6 Å². The smallest absolute Gasteiger partial charge is 0.0215 e. The first kappa shape index (κ1) is 13.0. The summed E-state index contributed by atoms with van der Waals surface area (Å²) >= 11 is 0. The van der Waals surface area contributed by atoms with Crippen molar-refractivity contribution in [2.24, 2.45) is 11.8 Å². The average molecular weight is 212 g/mol. The standard InChI is InChI=1S/C13H28N2/c1-10(2)13(14-5)9-15-8-11(3)6-7-12(15)4/h10-14H,6-9H2,1-5H3. The average Bonchev–Trinajstić information content (AvgIpc) is 2.18. The first-order chi connectivity index (χ1) is 7.04. The molecular weight excluding hydrogens is 184 g/mol. The normalized spacial score (nSPS) is 30.8. The number of nitrogens with one attached hydrogen (secondary N) is 1. The Kier molecular flexibility index (Phi) is 5.07. The Morgan fingerprint density at radius 3 is 2.47 bits per heavy atom. The van der Waals surface area contributed by atoms with Crippen LogP contribution in [-0.2, 0) is 0 Å². The molecule has 0 aromatic heterocycles. The molecule has 2 heteroatoms. The fraction of sp³-hybridized carbons (Fsp3) is 1.00. The summed E-state index contributed by atoms with van der Waals surface area (Å²) in [6.07, 6.45) is 2.78. The van der Waals surface area contributed by atoms with Crippen molar-refractivity contribution >= 4 is 0 Å².